The molecule has 2 fully saturated rings. The molecule has 10 atom stereocenters. The van der Waals surface area contributed by atoms with Crippen molar-refractivity contribution in [2.24, 2.45) is 0 Å². The highest BCUT2D eigenvalue weighted by Gasteiger charge is 2.52. The fourth-order valence-electron chi connectivity index (χ4n) is 4.91. The van der Waals surface area contributed by atoms with Gasteiger partial charge in [-0.05, 0) is 54.8 Å². The zero-order valence-electron chi connectivity index (χ0n) is 24.4. The van der Waals surface area contributed by atoms with E-state index in [0.717, 1.165) is 6.08 Å². The monoisotopic (exact) mass is 638 g/mol. The molecule has 248 valence electrons. The molecule has 0 unspecified atom stereocenters. The van der Waals surface area contributed by atoms with Crippen molar-refractivity contribution in [3.63, 3.8) is 0 Å². The van der Waals surface area contributed by atoms with Gasteiger partial charge in [0.05, 0.1) is 26.4 Å². The van der Waals surface area contributed by atoms with Gasteiger partial charge in [0, 0.05) is 6.08 Å². The number of benzene rings is 2. The smallest absolute Gasteiger partial charge is 0.331 e. The summed E-state index contributed by atoms with van der Waals surface area (Å²) in [5, 5.41) is 81.4. The SMILES string of the molecule is COc1cc(/C=C/C(=O)O[C@H]2[C@H](O[C@@H]3O[C@@H](C)[C@H](O)[C@H](O)[C@H]3O)[C@@H](O)[C@H](OCCc3ccc(O)c(O)c3)O[C@@H]2CO)ccc1O. The van der Waals surface area contributed by atoms with Gasteiger partial charge in [0.15, 0.2) is 41.7 Å². The molecule has 2 aromatic carbocycles. The third kappa shape index (κ3) is 8.21. The first-order valence-corrected chi connectivity index (χ1v) is 14.1. The summed E-state index contributed by atoms with van der Waals surface area (Å²) in [4.78, 5) is 12.9. The number of carbonyl (C=O) groups is 1. The lowest BCUT2D eigenvalue weighted by atomic mass is 9.97. The Morgan fingerprint density at radius 2 is 1.60 bits per heavy atom. The number of hydrogen-bond donors (Lipinski definition) is 8. The molecule has 2 aliphatic heterocycles. The van der Waals surface area contributed by atoms with Crippen LogP contribution in [0.1, 0.15) is 18.1 Å². The van der Waals surface area contributed by atoms with E-state index in [0.29, 0.717) is 11.1 Å². The molecule has 15 heteroatoms. The van der Waals surface area contributed by atoms with Crippen molar-refractivity contribution >= 4 is 12.0 Å². The molecular weight excluding hydrogens is 600 g/mol. The van der Waals surface area contributed by atoms with Gasteiger partial charge >= 0.3 is 5.97 Å². The molecule has 15 nitrogen and oxygen atoms in total. The largest absolute Gasteiger partial charge is 0.504 e. The zero-order chi connectivity index (χ0) is 32.8. The van der Waals surface area contributed by atoms with E-state index in [2.05, 4.69) is 0 Å². The maximum atomic E-state index is 12.9. The van der Waals surface area contributed by atoms with Crippen LogP contribution in [-0.2, 0) is 34.9 Å². The minimum absolute atomic E-state index is 0.0649. The molecule has 4 rings (SSSR count). The first-order valence-electron chi connectivity index (χ1n) is 14.1. The normalized spacial score (nSPS) is 32.0. The van der Waals surface area contributed by atoms with E-state index >= 15 is 0 Å². The number of hydrogen-bond acceptors (Lipinski definition) is 15. The van der Waals surface area contributed by atoms with Crippen molar-refractivity contribution < 1.29 is 74.1 Å². The Balaban J connectivity index is 1.52. The summed E-state index contributed by atoms with van der Waals surface area (Å²) in [6.45, 7) is 0.645. The molecule has 2 heterocycles. The van der Waals surface area contributed by atoms with E-state index in [1.807, 2.05) is 0 Å². The van der Waals surface area contributed by atoms with Crippen LogP contribution in [0.4, 0.5) is 0 Å². The number of phenols is 3. The maximum absolute atomic E-state index is 12.9. The third-order valence-electron chi connectivity index (χ3n) is 7.47. The van der Waals surface area contributed by atoms with Crippen LogP contribution in [0.2, 0.25) is 0 Å². The molecule has 8 N–H and O–H groups in total. The summed E-state index contributed by atoms with van der Waals surface area (Å²) in [5.41, 5.74) is 1.07. The molecule has 0 spiro atoms. The Bertz CT molecular complexity index is 1320. The number of ether oxygens (including phenoxy) is 6. The number of aliphatic hydroxyl groups is 5. The molecule has 2 saturated heterocycles. The second-order valence-electron chi connectivity index (χ2n) is 10.6. The average Bonchev–Trinajstić information content (AvgIpc) is 3.02. The fourth-order valence-corrected chi connectivity index (χ4v) is 4.91. The van der Waals surface area contributed by atoms with Crippen LogP contribution in [0.25, 0.3) is 6.08 Å². The number of aromatic hydroxyl groups is 3. The van der Waals surface area contributed by atoms with Crippen LogP contribution in [0.3, 0.4) is 0 Å². The minimum Gasteiger partial charge on any atom is -0.504 e. The predicted octanol–water partition coefficient (Wildman–Crippen LogP) is -0.713. The van der Waals surface area contributed by atoms with Gasteiger partial charge in [-0.2, -0.15) is 0 Å². The molecule has 2 aromatic rings. The highest BCUT2D eigenvalue weighted by Crippen LogP contribution is 2.32. The average molecular weight is 639 g/mol. The Morgan fingerprint density at radius 1 is 0.867 bits per heavy atom. The predicted molar refractivity (Wildman–Crippen MR) is 152 cm³/mol. The van der Waals surface area contributed by atoms with E-state index in [9.17, 15) is 45.6 Å². The molecule has 45 heavy (non-hydrogen) atoms. The summed E-state index contributed by atoms with van der Waals surface area (Å²) < 4.78 is 33.4. The van der Waals surface area contributed by atoms with E-state index in [-0.39, 0.29) is 36.0 Å². The molecular formula is C30H38O15. The number of rotatable bonds is 11. The number of phenolic OH excluding ortho intramolecular Hbond substituents is 3. The Labute approximate surface area is 258 Å². The number of aliphatic hydroxyl groups excluding tert-OH is 5. The quantitative estimate of drug-likeness (QED) is 0.0862. The molecule has 0 aromatic heterocycles. The molecule has 2 aliphatic rings. The van der Waals surface area contributed by atoms with Gasteiger partial charge in [0.25, 0.3) is 0 Å². The second kappa shape index (κ2) is 15.2. The second-order valence-corrected chi connectivity index (χ2v) is 10.6. The summed E-state index contributed by atoms with van der Waals surface area (Å²) in [6, 6.07) is 8.54. The van der Waals surface area contributed by atoms with E-state index in [1.165, 1.54) is 50.4 Å². The number of methoxy groups -OCH3 is 1. The highest BCUT2D eigenvalue weighted by molar-refractivity contribution is 5.87. The Kier molecular flexibility index (Phi) is 11.6. The van der Waals surface area contributed by atoms with Crippen LogP contribution < -0.4 is 4.74 Å². The van der Waals surface area contributed by atoms with Crippen molar-refractivity contribution in [2.45, 2.75) is 74.8 Å². The minimum atomic E-state index is -1.76. The molecule has 0 saturated carbocycles. The standard InChI is InChI=1S/C30H38O15/c1-14-23(36)24(37)25(38)30(42-14)45-28-26(39)29(41-10-9-16-3-6-17(32)19(34)11-16)43-21(13-31)27(28)44-22(35)8-5-15-4-7-18(33)20(12-15)40-2/h3-8,11-12,14,21,23-34,36-39H,9-10,13H2,1-2H3/b8-5+/t14-,21+,23-,24-,25+,26+,27+,28+,29+,30-/m0/s1. The van der Waals surface area contributed by atoms with Crippen molar-refractivity contribution in [1.82, 2.24) is 0 Å². The van der Waals surface area contributed by atoms with Gasteiger partial charge in [-0.3, -0.25) is 0 Å². The first kappa shape index (κ1) is 34.4. The third-order valence-corrected chi connectivity index (χ3v) is 7.47. The Hall–Kier alpha value is -3.51. The molecule has 0 aliphatic carbocycles. The van der Waals surface area contributed by atoms with Crippen molar-refractivity contribution in [2.75, 3.05) is 20.3 Å². The van der Waals surface area contributed by atoms with Gasteiger partial charge in [0.1, 0.15) is 36.6 Å². The maximum Gasteiger partial charge on any atom is 0.331 e. The van der Waals surface area contributed by atoms with Gasteiger partial charge in [-0.15, -0.1) is 0 Å². The lowest BCUT2D eigenvalue weighted by Crippen LogP contribution is -2.65. The number of carbonyl (C=O) groups excluding carboxylic acids is 1. The van der Waals surface area contributed by atoms with E-state index in [4.69, 9.17) is 28.4 Å². The van der Waals surface area contributed by atoms with Crippen LogP contribution in [0, 0.1) is 0 Å². The lowest BCUT2D eigenvalue weighted by molar-refractivity contribution is -0.357. The van der Waals surface area contributed by atoms with Gasteiger partial charge in [0.2, 0.25) is 0 Å². The highest BCUT2D eigenvalue weighted by atomic mass is 16.7. The van der Waals surface area contributed by atoms with Crippen LogP contribution in [-0.4, -0.2) is 129 Å². The van der Waals surface area contributed by atoms with Gasteiger partial charge < -0.3 is 69.3 Å². The van der Waals surface area contributed by atoms with Crippen LogP contribution >= 0.6 is 0 Å². The first-order chi connectivity index (χ1) is 21.4. The molecule has 0 radical (unpaired) electrons. The fraction of sp³-hybridized carbons (Fsp3) is 0.500. The summed E-state index contributed by atoms with van der Waals surface area (Å²) in [7, 11) is 1.36. The van der Waals surface area contributed by atoms with Crippen molar-refractivity contribution in [3.8, 4) is 23.0 Å². The summed E-state index contributed by atoms with van der Waals surface area (Å²) in [6.07, 6.45) is -12.3. The zero-order valence-corrected chi connectivity index (χ0v) is 24.4. The Morgan fingerprint density at radius 3 is 2.29 bits per heavy atom. The lowest BCUT2D eigenvalue weighted by Gasteiger charge is -2.46. The van der Waals surface area contributed by atoms with Crippen LogP contribution in [0.15, 0.2) is 42.5 Å². The van der Waals surface area contributed by atoms with Gasteiger partial charge in [-0.25, -0.2) is 4.79 Å². The molecule has 0 bridgehead atoms. The number of esters is 1. The molecule has 0 amide bonds. The van der Waals surface area contributed by atoms with Crippen LogP contribution in [0.5, 0.6) is 23.0 Å². The van der Waals surface area contributed by atoms with E-state index < -0.39 is 74.0 Å². The van der Waals surface area contributed by atoms with Crippen molar-refractivity contribution in [1.29, 1.82) is 0 Å². The van der Waals surface area contributed by atoms with Crippen molar-refractivity contribution in [3.05, 3.63) is 53.6 Å². The summed E-state index contributed by atoms with van der Waals surface area (Å²) in [5.74, 6) is -1.49. The summed E-state index contributed by atoms with van der Waals surface area (Å²) >= 11 is 0. The van der Waals surface area contributed by atoms with E-state index in [1.54, 1.807) is 6.07 Å². The topological polar surface area (TPSA) is 234 Å². The van der Waals surface area contributed by atoms with Gasteiger partial charge in [-0.1, -0.05) is 12.1 Å².